The van der Waals surface area contributed by atoms with Gasteiger partial charge in [0.2, 0.25) is 29.5 Å². The number of fused-ring (bicyclic) bond motifs is 1. The number of nitrogen functional groups attached to an aromatic ring is 2. The molecule has 1 atom stereocenters. The number of hydrogen-bond donors (Lipinski definition) is 7. The van der Waals surface area contributed by atoms with E-state index in [1.807, 2.05) is 48.5 Å². The van der Waals surface area contributed by atoms with Crippen LogP contribution >= 0.6 is 11.6 Å². The number of nitrogens with two attached hydrogens (primary N) is 2. The number of halogens is 1. The predicted molar refractivity (Wildman–Crippen MR) is 194 cm³/mol. The van der Waals surface area contributed by atoms with Crippen molar-refractivity contribution in [3.63, 3.8) is 0 Å². The lowest BCUT2D eigenvalue weighted by Gasteiger charge is -2.22. The van der Waals surface area contributed by atoms with E-state index in [0.29, 0.717) is 57.5 Å². The molecule has 6 rings (SSSR count). The van der Waals surface area contributed by atoms with Gasteiger partial charge in [-0.2, -0.15) is 24.9 Å². The molecule has 5 aromatic rings. The van der Waals surface area contributed by atoms with Crippen LogP contribution in [0.5, 0.6) is 17.2 Å². The molecule has 0 amide bonds. The van der Waals surface area contributed by atoms with E-state index in [-0.39, 0.29) is 42.9 Å². The number of rotatable bonds is 12. The Hall–Kier alpha value is -6.13. The maximum Gasteiger partial charge on any atom is 0.233 e. The van der Waals surface area contributed by atoms with Gasteiger partial charge in [-0.25, -0.2) is 4.99 Å². The Morgan fingerprint density at radius 3 is 2.00 bits per heavy atom. The van der Waals surface area contributed by atoms with Gasteiger partial charge in [0.25, 0.3) is 0 Å². The second-order valence-corrected chi connectivity index (χ2v) is 11.3. The van der Waals surface area contributed by atoms with Gasteiger partial charge in [-0.15, -0.1) is 0 Å². The lowest BCUT2D eigenvalue weighted by Crippen LogP contribution is -2.16. The maximum absolute atomic E-state index is 9.32. The molecule has 50 heavy (non-hydrogen) atoms. The number of aliphatic hydroxyl groups is 1. The summed E-state index contributed by atoms with van der Waals surface area (Å²) in [4.78, 5) is 26.8. The third-order valence-corrected chi connectivity index (χ3v) is 7.83. The van der Waals surface area contributed by atoms with Crippen LogP contribution < -0.4 is 46.9 Å². The molecule has 0 aliphatic carbocycles. The van der Waals surface area contributed by atoms with Crippen molar-refractivity contribution in [3.05, 3.63) is 76.8 Å². The van der Waals surface area contributed by atoms with Crippen molar-refractivity contribution < 1.29 is 19.3 Å². The van der Waals surface area contributed by atoms with Crippen molar-refractivity contribution >= 4 is 69.8 Å². The largest absolute Gasteiger partial charge is 0.493 e. The van der Waals surface area contributed by atoms with Gasteiger partial charge in [-0.05, 0) is 59.7 Å². The first-order chi connectivity index (χ1) is 24.3. The van der Waals surface area contributed by atoms with Crippen LogP contribution in [-0.4, -0.2) is 70.2 Å². The summed E-state index contributed by atoms with van der Waals surface area (Å²) in [5, 5.41) is 22.7. The predicted octanol–water partition coefficient (Wildman–Crippen LogP) is 5.07. The Kier molecular flexibility index (Phi) is 10.1. The minimum Gasteiger partial charge on any atom is -0.493 e. The standard InChI is InChI=1S/C33H35ClN12O4/c1-48-24-14-18(15-25(49-2)27(24)50-3)23-16-22(40-26-28(35)42-30(36)43-29(26)41-23)17-4-8-20(9-5-17)38-32-44-31(37-12-13-47)45-33(46-32)39-21-10-6-19(34)7-11-21/h4-11,14-15,23,47H,12-13,16H2,1-3H3,(H5,35,36,41,42,43)(H3,37,38,39,44,45,46). The topological polar surface area (TPSA) is 225 Å². The van der Waals surface area contributed by atoms with Crippen molar-refractivity contribution in [3.8, 4) is 17.2 Å². The zero-order valence-corrected chi connectivity index (χ0v) is 28.1. The lowest BCUT2D eigenvalue weighted by molar-refractivity contribution is 0.311. The number of aliphatic imine (C=N–C) groups is 1. The summed E-state index contributed by atoms with van der Waals surface area (Å²) in [5.74, 6) is 2.89. The molecule has 0 bridgehead atoms. The molecule has 0 saturated heterocycles. The minimum absolute atomic E-state index is 0.0195. The number of nitrogens with one attached hydrogen (secondary N) is 4. The SMILES string of the molecule is COc1cc(C2CC(c3ccc(Nc4nc(NCCO)nc(Nc5ccc(Cl)cc5)n4)cc3)=Nc3c(N)nc(N)nc3N2)cc(OC)c1OC. The molecule has 258 valence electrons. The van der Waals surface area contributed by atoms with Gasteiger partial charge in [0.05, 0.1) is 39.7 Å². The van der Waals surface area contributed by atoms with Crippen LogP contribution in [0.15, 0.2) is 65.7 Å². The van der Waals surface area contributed by atoms with Crippen LogP contribution in [0.2, 0.25) is 5.02 Å². The van der Waals surface area contributed by atoms with E-state index in [9.17, 15) is 5.11 Å². The Morgan fingerprint density at radius 1 is 0.820 bits per heavy atom. The first kappa shape index (κ1) is 33.8. The van der Waals surface area contributed by atoms with Crippen molar-refractivity contribution in [1.82, 2.24) is 24.9 Å². The normalized spacial score (nSPS) is 13.6. The van der Waals surface area contributed by atoms with Gasteiger partial charge in [-0.3, -0.25) is 0 Å². The molecule has 16 nitrogen and oxygen atoms in total. The number of ether oxygens (including phenoxy) is 3. The third kappa shape index (κ3) is 7.61. The fraction of sp³-hybridized carbons (Fsp3) is 0.212. The number of methoxy groups -OCH3 is 3. The molecule has 9 N–H and O–H groups in total. The molecule has 0 radical (unpaired) electrons. The number of benzene rings is 3. The Morgan fingerprint density at radius 2 is 1.42 bits per heavy atom. The van der Waals surface area contributed by atoms with Gasteiger partial charge in [0.15, 0.2) is 23.1 Å². The van der Waals surface area contributed by atoms with Crippen molar-refractivity contribution in [2.24, 2.45) is 4.99 Å². The summed E-state index contributed by atoms with van der Waals surface area (Å²) in [6.07, 6.45) is 0.425. The van der Waals surface area contributed by atoms with Crippen LogP contribution in [0.25, 0.3) is 0 Å². The third-order valence-electron chi connectivity index (χ3n) is 7.58. The van der Waals surface area contributed by atoms with Crippen LogP contribution in [0.4, 0.5) is 52.5 Å². The average molecular weight is 699 g/mol. The van der Waals surface area contributed by atoms with Gasteiger partial charge in [-0.1, -0.05) is 23.7 Å². The highest BCUT2D eigenvalue weighted by atomic mass is 35.5. The fourth-order valence-electron chi connectivity index (χ4n) is 5.25. The zero-order chi connectivity index (χ0) is 35.2. The highest BCUT2D eigenvalue weighted by Crippen LogP contribution is 2.43. The fourth-order valence-corrected chi connectivity index (χ4v) is 5.38. The molecule has 3 heterocycles. The molecule has 1 aliphatic rings. The van der Waals surface area contributed by atoms with Crippen molar-refractivity contribution in [2.45, 2.75) is 12.5 Å². The van der Waals surface area contributed by atoms with E-state index in [0.717, 1.165) is 16.8 Å². The molecule has 0 saturated carbocycles. The second-order valence-electron chi connectivity index (χ2n) is 10.9. The zero-order valence-electron chi connectivity index (χ0n) is 27.4. The quantitative estimate of drug-likeness (QED) is 0.0902. The monoisotopic (exact) mass is 698 g/mol. The van der Waals surface area contributed by atoms with Crippen LogP contribution in [-0.2, 0) is 0 Å². The summed E-state index contributed by atoms with van der Waals surface area (Å²) in [7, 11) is 4.68. The highest BCUT2D eigenvalue weighted by Gasteiger charge is 2.27. The molecule has 2 aromatic heterocycles. The van der Waals surface area contributed by atoms with Crippen molar-refractivity contribution in [1.29, 1.82) is 0 Å². The van der Waals surface area contributed by atoms with E-state index in [1.165, 1.54) is 0 Å². The number of nitrogens with zero attached hydrogens (tertiary/aromatic N) is 6. The summed E-state index contributed by atoms with van der Waals surface area (Å²) in [6.45, 7) is 0.170. The average Bonchev–Trinajstić information content (AvgIpc) is 3.31. The van der Waals surface area contributed by atoms with Crippen LogP contribution in [0.1, 0.15) is 23.6 Å². The molecular formula is C33H35ClN12O4. The van der Waals surface area contributed by atoms with Gasteiger partial charge >= 0.3 is 0 Å². The van der Waals surface area contributed by atoms with Crippen molar-refractivity contribution in [2.75, 3.05) is 67.2 Å². The number of aromatic nitrogens is 5. The molecule has 17 heteroatoms. The minimum atomic E-state index is -0.350. The number of anilines is 8. The molecule has 1 aliphatic heterocycles. The van der Waals surface area contributed by atoms with E-state index in [1.54, 1.807) is 33.5 Å². The van der Waals surface area contributed by atoms with Gasteiger partial charge in [0, 0.05) is 29.4 Å². The number of aliphatic hydroxyl groups excluding tert-OH is 1. The number of hydrogen-bond acceptors (Lipinski definition) is 16. The molecule has 1 unspecified atom stereocenters. The summed E-state index contributed by atoms with van der Waals surface area (Å²) in [6, 6.07) is 18.1. The molecule has 3 aromatic carbocycles. The van der Waals surface area contributed by atoms with Crippen LogP contribution in [0.3, 0.4) is 0 Å². The first-order valence-electron chi connectivity index (χ1n) is 15.3. The van der Waals surface area contributed by atoms with Gasteiger partial charge < -0.3 is 52.1 Å². The van der Waals surface area contributed by atoms with Gasteiger partial charge in [0.1, 0.15) is 5.69 Å². The van der Waals surface area contributed by atoms with E-state index >= 15 is 0 Å². The molecular weight excluding hydrogens is 664 g/mol. The summed E-state index contributed by atoms with van der Waals surface area (Å²) in [5.41, 5.74) is 16.4. The lowest BCUT2D eigenvalue weighted by atomic mass is 9.96. The van der Waals surface area contributed by atoms with E-state index < -0.39 is 0 Å². The molecule has 0 spiro atoms. The van der Waals surface area contributed by atoms with E-state index in [4.69, 9.17) is 42.3 Å². The Labute approximate surface area is 292 Å². The summed E-state index contributed by atoms with van der Waals surface area (Å²) >= 11 is 6.03. The smallest absolute Gasteiger partial charge is 0.233 e. The highest BCUT2D eigenvalue weighted by molar-refractivity contribution is 6.30. The van der Waals surface area contributed by atoms with E-state index in [2.05, 4.69) is 46.2 Å². The first-order valence-corrected chi connectivity index (χ1v) is 15.7. The van der Waals surface area contributed by atoms with Crippen LogP contribution in [0, 0.1) is 0 Å². The Balaban J connectivity index is 1.31. The molecule has 0 fully saturated rings. The summed E-state index contributed by atoms with van der Waals surface area (Å²) < 4.78 is 16.8. The maximum atomic E-state index is 9.32. The Bertz CT molecular complexity index is 1990. The second kappa shape index (κ2) is 15.0.